The molecule has 1 saturated carbocycles. The van der Waals surface area contributed by atoms with E-state index in [1.54, 1.807) is 44.4 Å². The molecule has 1 aliphatic carbocycles. The van der Waals surface area contributed by atoms with Gasteiger partial charge in [-0.25, -0.2) is 8.42 Å². The zero-order chi connectivity index (χ0) is 24.6. The highest BCUT2D eigenvalue weighted by atomic mass is 32.2. The van der Waals surface area contributed by atoms with Gasteiger partial charge in [0.2, 0.25) is 27.6 Å². The molecule has 2 fully saturated rings. The number of benzene rings is 1. The van der Waals surface area contributed by atoms with Gasteiger partial charge in [0.1, 0.15) is 5.75 Å². The standard InChI is InChI=1S/C24H28N4O5S2/c1-15-21(13-20(34-15)22-26-24(33-27-22)16-5-3-6-16)35(30,31)28-12-4-7-17(14-28)23(29)25-18-8-10-19(32-2)11-9-18/h8-11,13,16-17H,3-7,12,14H2,1-2H3,(H,25,29)/t17-/m1/s1. The summed E-state index contributed by atoms with van der Waals surface area (Å²) in [6.45, 7) is 2.31. The molecule has 186 valence electrons. The molecule has 0 unspecified atom stereocenters. The lowest BCUT2D eigenvalue weighted by molar-refractivity contribution is -0.120. The van der Waals surface area contributed by atoms with E-state index in [1.165, 1.54) is 15.6 Å². The Morgan fingerprint density at radius 1 is 1.20 bits per heavy atom. The molecule has 2 aliphatic rings. The molecular weight excluding hydrogens is 488 g/mol. The molecule has 11 heteroatoms. The van der Waals surface area contributed by atoms with Gasteiger partial charge in [0, 0.05) is 29.6 Å². The Morgan fingerprint density at radius 2 is 1.97 bits per heavy atom. The first-order valence-corrected chi connectivity index (χ1v) is 14.0. The first-order chi connectivity index (χ1) is 16.8. The molecule has 0 bridgehead atoms. The van der Waals surface area contributed by atoms with Gasteiger partial charge in [0.25, 0.3) is 0 Å². The monoisotopic (exact) mass is 516 g/mol. The molecule has 3 heterocycles. The summed E-state index contributed by atoms with van der Waals surface area (Å²) in [5, 5.41) is 6.97. The van der Waals surface area contributed by atoms with Gasteiger partial charge in [-0.05, 0) is 62.9 Å². The molecule has 1 atom stereocenters. The number of aryl methyl sites for hydroxylation is 1. The second-order valence-corrected chi connectivity index (χ2v) is 12.2. The number of methoxy groups -OCH3 is 1. The number of sulfonamides is 1. The topological polar surface area (TPSA) is 115 Å². The van der Waals surface area contributed by atoms with Gasteiger partial charge in [0.05, 0.1) is 22.8 Å². The number of carbonyl (C=O) groups excluding carboxylic acids is 1. The lowest BCUT2D eigenvalue weighted by atomic mass is 9.85. The third-order valence-corrected chi connectivity index (χ3v) is 9.89. The Hall–Kier alpha value is -2.76. The minimum Gasteiger partial charge on any atom is -0.497 e. The number of ether oxygens (including phenoxy) is 1. The van der Waals surface area contributed by atoms with E-state index in [-0.39, 0.29) is 17.3 Å². The van der Waals surface area contributed by atoms with Crippen molar-refractivity contribution in [1.82, 2.24) is 14.4 Å². The average Bonchev–Trinajstić information content (AvgIpc) is 3.46. The van der Waals surface area contributed by atoms with E-state index in [0.29, 0.717) is 58.2 Å². The number of nitrogens with one attached hydrogen (secondary N) is 1. The molecule has 5 rings (SSSR count). The molecule has 1 aliphatic heterocycles. The van der Waals surface area contributed by atoms with Crippen LogP contribution < -0.4 is 10.1 Å². The van der Waals surface area contributed by atoms with Crippen LogP contribution in [0.2, 0.25) is 0 Å². The van der Waals surface area contributed by atoms with Gasteiger partial charge in [-0.3, -0.25) is 4.79 Å². The van der Waals surface area contributed by atoms with Gasteiger partial charge in [-0.1, -0.05) is 11.6 Å². The number of hydrogen-bond donors (Lipinski definition) is 1. The van der Waals surface area contributed by atoms with Gasteiger partial charge >= 0.3 is 0 Å². The van der Waals surface area contributed by atoms with Crippen molar-refractivity contribution in [3.05, 3.63) is 41.1 Å². The third-order valence-electron chi connectivity index (χ3n) is 6.72. The van der Waals surface area contributed by atoms with Crippen LogP contribution in [-0.4, -0.2) is 49.0 Å². The Kier molecular flexibility index (Phi) is 6.65. The summed E-state index contributed by atoms with van der Waals surface area (Å²) in [6, 6.07) is 8.69. The second-order valence-electron chi connectivity index (χ2n) is 9.04. The van der Waals surface area contributed by atoms with Gasteiger partial charge in [-0.2, -0.15) is 9.29 Å². The molecule has 1 N–H and O–H groups in total. The van der Waals surface area contributed by atoms with Crippen LogP contribution in [0, 0.1) is 12.8 Å². The zero-order valence-electron chi connectivity index (χ0n) is 19.7. The van der Waals surface area contributed by atoms with Crippen molar-refractivity contribution in [3.8, 4) is 16.5 Å². The van der Waals surface area contributed by atoms with E-state index < -0.39 is 15.9 Å². The highest BCUT2D eigenvalue weighted by Crippen LogP contribution is 2.38. The molecule has 1 amide bonds. The predicted octanol–water partition coefficient (Wildman–Crippen LogP) is 4.42. The van der Waals surface area contributed by atoms with Crippen molar-refractivity contribution in [2.24, 2.45) is 5.92 Å². The third kappa shape index (κ3) is 4.85. The SMILES string of the molecule is COc1ccc(NC(=O)[C@@H]2CCCN(S(=O)(=O)c3cc(-c4noc(C5CCC5)n4)sc3C)C2)cc1. The fourth-order valence-corrected chi connectivity index (χ4v) is 7.43. The van der Waals surface area contributed by atoms with E-state index >= 15 is 0 Å². The van der Waals surface area contributed by atoms with E-state index in [2.05, 4.69) is 15.5 Å². The van der Waals surface area contributed by atoms with Crippen molar-refractivity contribution in [2.45, 2.75) is 49.8 Å². The van der Waals surface area contributed by atoms with Crippen molar-refractivity contribution in [3.63, 3.8) is 0 Å². The minimum absolute atomic E-state index is 0.142. The van der Waals surface area contributed by atoms with E-state index in [9.17, 15) is 13.2 Å². The van der Waals surface area contributed by atoms with Crippen LogP contribution in [0.25, 0.3) is 10.7 Å². The second kappa shape index (κ2) is 9.71. The van der Waals surface area contributed by atoms with Crippen molar-refractivity contribution >= 4 is 33.0 Å². The maximum Gasteiger partial charge on any atom is 0.244 e. The Labute approximate surface area is 208 Å². The summed E-state index contributed by atoms with van der Waals surface area (Å²) in [6.07, 6.45) is 4.51. The fraction of sp³-hybridized carbons (Fsp3) is 0.458. The number of anilines is 1. The molecule has 1 aromatic carbocycles. The Morgan fingerprint density at radius 3 is 2.66 bits per heavy atom. The summed E-state index contributed by atoms with van der Waals surface area (Å²) in [5.41, 5.74) is 0.649. The average molecular weight is 517 g/mol. The fourth-order valence-electron chi connectivity index (χ4n) is 4.42. The van der Waals surface area contributed by atoms with Crippen molar-refractivity contribution in [2.75, 3.05) is 25.5 Å². The number of amides is 1. The summed E-state index contributed by atoms with van der Waals surface area (Å²) in [4.78, 5) is 19.0. The lowest BCUT2D eigenvalue weighted by Gasteiger charge is -2.31. The molecule has 0 spiro atoms. The smallest absolute Gasteiger partial charge is 0.244 e. The summed E-state index contributed by atoms with van der Waals surface area (Å²) in [5.74, 6) is 1.45. The van der Waals surface area contributed by atoms with Crippen LogP contribution in [0.4, 0.5) is 5.69 Å². The van der Waals surface area contributed by atoms with E-state index in [4.69, 9.17) is 9.26 Å². The summed E-state index contributed by atoms with van der Waals surface area (Å²) in [7, 11) is -2.19. The Balaban J connectivity index is 1.30. The lowest BCUT2D eigenvalue weighted by Crippen LogP contribution is -2.43. The summed E-state index contributed by atoms with van der Waals surface area (Å²) < 4.78 is 39.1. The largest absolute Gasteiger partial charge is 0.497 e. The maximum absolute atomic E-state index is 13.5. The molecule has 3 aromatic rings. The van der Waals surface area contributed by atoms with Crippen LogP contribution in [0.1, 0.15) is 48.8 Å². The minimum atomic E-state index is -3.77. The van der Waals surface area contributed by atoms with E-state index in [1.807, 2.05) is 0 Å². The number of carbonyl (C=O) groups is 1. The van der Waals surface area contributed by atoms with Crippen molar-refractivity contribution in [1.29, 1.82) is 0 Å². The summed E-state index contributed by atoms with van der Waals surface area (Å²) >= 11 is 1.34. The highest BCUT2D eigenvalue weighted by molar-refractivity contribution is 7.89. The molecule has 1 saturated heterocycles. The zero-order valence-corrected chi connectivity index (χ0v) is 21.3. The predicted molar refractivity (Wildman–Crippen MR) is 132 cm³/mol. The van der Waals surface area contributed by atoms with Crippen LogP contribution in [0.15, 0.2) is 39.8 Å². The molecule has 9 nitrogen and oxygen atoms in total. The highest BCUT2D eigenvalue weighted by Gasteiger charge is 2.35. The molecule has 2 aromatic heterocycles. The molecule has 35 heavy (non-hydrogen) atoms. The number of thiophene rings is 1. The number of piperidine rings is 1. The van der Waals surface area contributed by atoms with Crippen LogP contribution in [0.5, 0.6) is 5.75 Å². The Bertz CT molecular complexity index is 1310. The van der Waals surface area contributed by atoms with Crippen LogP contribution in [0.3, 0.4) is 0 Å². The van der Waals surface area contributed by atoms with Crippen LogP contribution in [-0.2, 0) is 14.8 Å². The van der Waals surface area contributed by atoms with E-state index in [0.717, 1.165) is 19.3 Å². The van der Waals surface area contributed by atoms with Gasteiger partial charge in [-0.15, -0.1) is 11.3 Å². The quantitative estimate of drug-likeness (QED) is 0.494. The van der Waals surface area contributed by atoms with Crippen LogP contribution >= 0.6 is 11.3 Å². The maximum atomic E-state index is 13.5. The van der Waals surface area contributed by atoms with Gasteiger partial charge < -0.3 is 14.6 Å². The molecule has 0 radical (unpaired) electrons. The number of hydrogen-bond acceptors (Lipinski definition) is 8. The first kappa shape index (κ1) is 24.0. The molecular formula is C24H28N4O5S2. The number of nitrogens with zero attached hydrogens (tertiary/aromatic N) is 3. The van der Waals surface area contributed by atoms with Gasteiger partial charge in [0.15, 0.2) is 0 Å². The number of rotatable bonds is 7. The first-order valence-electron chi connectivity index (χ1n) is 11.7. The number of aromatic nitrogens is 2. The normalized spacial score (nSPS) is 19.3. The van der Waals surface area contributed by atoms with Crippen molar-refractivity contribution < 1.29 is 22.5 Å².